The maximum Gasteiger partial charge on any atom is 0.253 e. The first-order valence-corrected chi connectivity index (χ1v) is 6.55. The second kappa shape index (κ2) is 4.63. The Balaban J connectivity index is 2.23. The number of nitrogens with one attached hydrogen (secondary N) is 2. The van der Waals surface area contributed by atoms with E-state index >= 15 is 0 Å². The van der Waals surface area contributed by atoms with Crippen LogP contribution in [0.25, 0.3) is 0 Å². The number of hydrogen-bond donors (Lipinski definition) is 2. The molecule has 2 N–H and O–H groups in total. The summed E-state index contributed by atoms with van der Waals surface area (Å²) in [5.74, 6) is -0.00523. The predicted octanol–water partition coefficient (Wildman–Crippen LogP) is 3.10. The van der Waals surface area contributed by atoms with Crippen LogP contribution in [0.3, 0.4) is 0 Å². The summed E-state index contributed by atoms with van der Waals surface area (Å²) in [6, 6.07) is 6.55. The molecule has 1 aromatic carbocycles. The van der Waals surface area contributed by atoms with E-state index in [0.717, 1.165) is 16.8 Å². The number of carbonyl (C=O) groups excluding carboxylic acids is 1. The molecule has 0 radical (unpaired) electrons. The van der Waals surface area contributed by atoms with Gasteiger partial charge in [-0.05, 0) is 52.7 Å². The normalized spacial score (nSPS) is 15.3. The van der Waals surface area contributed by atoms with Crippen molar-refractivity contribution in [1.29, 1.82) is 0 Å². The Kier molecular flexibility index (Phi) is 3.33. The molecule has 18 heavy (non-hydrogen) atoms. The zero-order chi connectivity index (χ0) is 13.3. The van der Waals surface area contributed by atoms with Crippen molar-refractivity contribution in [3.8, 4) is 0 Å². The van der Waals surface area contributed by atoms with Crippen LogP contribution in [-0.2, 0) is 0 Å². The molecule has 0 spiro atoms. The number of carbonyl (C=O) groups is 1. The maximum atomic E-state index is 12.3. The van der Waals surface area contributed by atoms with Crippen LogP contribution in [0, 0.1) is 6.92 Å². The van der Waals surface area contributed by atoms with Gasteiger partial charge in [-0.3, -0.25) is 4.79 Å². The Hall–Kier alpha value is -1.51. The number of anilines is 1. The van der Waals surface area contributed by atoms with Crippen molar-refractivity contribution in [2.24, 2.45) is 0 Å². The number of hydrogen-bond acceptors (Lipinski definition) is 2. The van der Waals surface area contributed by atoms with E-state index in [1.54, 1.807) is 0 Å². The summed E-state index contributed by atoms with van der Waals surface area (Å²) in [5.41, 5.74) is 2.59. The number of aryl methyl sites for hydroxylation is 1. The summed E-state index contributed by atoms with van der Waals surface area (Å²) in [5, 5.41) is 6.44. The van der Waals surface area contributed by atoms with Gasteiger partial charge in [0.2, 0.25) is 0 Å². The first kappa shape index (κ1) is 12.9. The van der Waals surface area contributed by atoms with Crippen molar-refractivity contribution in [2.45, 2.75) is 52.1 Å². The Labute approximate surface area is 109 Å². The highest BCUT2D eigenvalue weighted by atomic mass is 16.1. The minimum atomic E-state index is -0.211. The minimum absolute atomic E-state index is 0.00523. The van der Waals surface area contributed by atoms with Gasteiger partial charge < -0.3 is 10.6 Å². The van der Waals surface area contributed by atoms with Crippen LogP contribution < -0.4 is 10.6 Å². The van der Waals surface area contributed by atoms with Gasteiger partial charge in [0.05, 0.1) is 5.56 Å². The van der Waals surface area contributed by atoms with E-state index in [-0.39, 0.29) is 11.4 Å². The van der Waals surface area contributed by atoms with Gasteiger partial charge in [0.1, 0.15) is 0 Å². The molecule has 0 atom stereocenters. The fourth-order valence-electron chi connectivity index (χ4n) is 1.83. The van der Waals surface area contributed by atoms with Gasteiger partial charge in [-0.2, -0.15) is 0 Å². The third-order valence-corrected chi connectivity index (χ3v) is 2.85. The molecule has 0 aliphatic heterocycles. The summed E-state index contributed by atoms with van der Waals surface area (Å²) < 4.78 is 0. The zero-order valence-electron chi connectivity index (χ0n) is 11.6. The van der Waals surface area contributed by atoms with Crippen LogP contribution in [-0.4, -0.2) is 17.5 Å². The number of benzene rings is 1. The van der Waals surface area contributed by atoms with E-state index in [4.69, 9.17) is 0 Å². The molecule has 1 aromatic rings. The summed E-state index contributed by atoms with van der Waals surface area (Å²) in [6.45, 7) is 7.99. The van der Waals surface area contributed by atoms with Crippen molar-refractivity contribution < 1.29 is 4.79 Å². The molecule has 3 heteroatoms. The lowest BCUT2D eigenvalue weighted by Crippen LogP contribution is -2.40. The number of amides is 1. The van der Waals surface area contributed by atoms with Crippen LogP contribution in [0.1, 0.15) is 49.5 Å². The Morgan fingerprint density at radius 3 is 2.50 bits per heavy atom. The first-order valence-electron chi connectivity index (χ1n) is 6.55. The molecule has 3 nitrogen and oxygen atoms in total. The smallest absolute Gasteiger partial charge is 0.253 e. The summed E-state index contributed by atoms with van der Waals surface area (Å²) in [6.07, 6.45) is 2.41. The van der Waals surface area contributed by atoms with Gasteiger partial charge >= 0.3 is 0 Å². The third-order valence-electron chi connectivity index (χ3n) is 2.85. The standard InChI is InChI=1S/C15H22N2O/c1-10-5-8-13(16-11-6-7-11)12(9-10)14(18)17-15(2,3)4/h5,8-9,11,16H,6-7H2,1-4H3,(H,17,18). The second-order valence-corrected chi connectivity index (χ2v) is 6.17. The lowest BCUT2D eigenvalue weighted by atomic mass is 10.0. The molecule has 0 bridgehead atoms. The second-order valence-electron chi connectivity index (χ2n) is 6.17. The predicted molar refractivity (Wildman–Crippen MR) is 75.0 cm³/mol. The van der Waals surface area contributed by atoms with Gasteiger partial charge in [0.15, 0.2) is 0 Å². The molecule has 0 unspecified atom stereocenters. The molecule has 1 amide bonds. The highest BCUT2D eigenvalue weighted by Gasteiger charge is 2.24. The highest BCUT2D eigenvalue weighted by molar-refractivity contribution is 6.00. The van der Waals surface area contributed by atoms with Crippen molar-refractivity contribution in [3.05, 3.63) is 29.3 Å². The van der Waals surface area contributed by atoms with Gasteiger partial charge in [0.25, 0.3) is 5.91 Å². The van der Waals surface area contributed by atoms with Crippen LogP contribution in [0.2, 0.25) is 0 Å². The van der Waals surface area contributed by atoms with Crippen LogP contribution in [0.5, 0.6) is 0 Å². The topological polar surface area (TPSA) is 41.1 Å². The molecular formula is C15H22N2O. The van der Waals surface area contributed by atoms with Crippen molar-refractivity contribution in [2.75, 3.05) is 5.32 Å². The summed E-state index contributed by atoms with van der Waals surface area (Å²) in [7, 11) is 0. The van der Waals surface area contributed by atoms with E-state index in [1.165, 1.54) is 12.8 Å². The Morgan fingerprint density at radius 2 is 1.94 bits per heavy atom. The molecule has 1 aliphatic carbocycles. The van der Waals surface area contributed by atoms with Gasteiger partial charge in [-0.15, -0.1) is 0 Å². The Morgan fingerprint density at radius 1 is 1.28 bits per heavy atom. The quantitative estimate of drug-likeness (QED) is 0.860. The number of rotatable bonds is 3. The fourth-order valence-corrected chi connectivity index (χ4v) is 1.83. The lowest BCUT2D eigenvalue weighted by Gasteiger charge is -2.22. The molecular weight excluding hydrogens is 224 g/mol. The molecule has 1 fully saturated rings. The van der Waals surface area contributed by atoms with Crippen LogP contribution in [0.15, 0.2) is 18.2 Å². The van der Waals surface area contributed by atoms with Crippen LogP contribution in [0.4, 0.5) is 5.69 Å². The molecule has 1 aliphatic rings. The Bertz CT molecular complexity index is 456. The lowest BCUT2D eigenvalue weighted by molar-refractivity contribution is 0.0920. The monoisotopic (exact) mass is 246 g/mol. The van der Waals surface area contributed by atoms with E-state index in [9.17, 15) is 4.79 Å². The molecule has 1 saturated carbocycles. The van der Waals surface area contributed by atoms with Crippen molar-refractivity contribution in [1.82, 2.24) is 5.32 Å². The van der Waals surface area contributed by atoms with Gasteiger partial charge in [-0.1, -0.05) is 11.6 Å². The van der Waals surface area contributed by atoms with E-state index in [1.807, 2.05) is 45.9 Å². The molecule has 0 heterocycles. The van der Waals surface area contributed by atoms with Gasteiger partial charge in [-0.25, -0.2) is 0 Å². The highest BCUT2D eigenvalue weighted by Crippen LogP contribution is 2.27. The van der Waals surface area contributed by atoms with Crippen molar-refractivity contribution >= 4 is 11.6 Å². The molecule has 98 valence electrons. The van der Waals surface area contributed by atoms with E-state index in [2.05, 4.69) is 10.6 Å². The SMILES string of the molecule is Cc1ccc(NC2CC2)c(C(=O)NC(C)(C)C)c1. The largest absolute Gasteiger partial charge is 0.382 e. The van der Waals surface area contributed by atoms with Gasteiger partial charge in [0, 0.05) is 17.3 Å². The fraction of sp³-hybridized carbons (Fsp3) is 0.533. The maximum absolute atomic E-state index is 12.3. The zero-order valence-corrected chi connectivity index (χ0v) is 11.6. The average molecular weight is 246 g/mol. The third kappa shape index (κ3) is 3.49. The van der Waals surface area contributed by atoms with Crippen LogP contribution >= 0.6 is 0 Å². The molecule has 0 saturated heterocycles. The molecule has 2 rings (SSSR count). The van der Waals surface area contributed by atoms with E-state index in [0.29, 0.717) is 6.04 Å². The first-order chi connectivity index (χ1) is 8.35. The summed E-state index contributed by atoms with van der Waals surface area (Å²) in [4.78, 5) is 12.3. The van der Waals surface area contributed by atoms with E-state index < -0.39 is 0 Å². The van der Waals surface area contributed by atoms with Crippen molar-refractivity contribution in [3.63, 3.8) is 0 Å². The average Bonchev–Trinajstić information content (AvgIpc) is 3.02. The molecule has 0 aromatic heterocycles. The minimum Gasteiger partial charge on any atom is -0.382 e. The summed E-state index contributed by atoms with van der Waals surface area (Å²) >= 11 is 0.